The van der Waals surface area contributed by atoms with Gasteiger partial charge in [0.2, 0.25) is 0 Å². The molecule has 0 radical (unpaired) electrons. The van der Waals surface area contributed by atoms with E-state index < -0.39 is 0 Å². The molecule has 0 saturated carbocycles. The van der Waals surface area contributed by atoms with Crippen molar-refractivity contribution in [1.82, 2.24) is 14.8 Å². The van der Waals surface area contributed by atoms with E-state index in [9.17, 15) is 4.79 Å². The summed E-state index contributed by atoms with van der Waals surface area (Å²) in [6.45, 7) is 1.33. The first-order valence-corrected chi connectivity index (χ1v) is 5.33. The van der Waals surface area contributed by atoms with Crippen LogP contribution in [0, 0.1) is 0 Å². The highest BCUT2D eigenvalue weighted by molar-refractivity contribution is 5.93. The molecule has 2 rings (SSSR count). The highest BCUT2D eigenvalue weighted by atomic mass is 16.5. The number of ether oxygens (including phenoxy) is 1. The van der Waals surface area contributed by atoms with Crippen LogP contribution in [-0.2, 0) is 11.8 Å². The van der Waals surface area contributed by atoms with E-state index >= 15 is 0 Å². The molecule has 1 aliphatic rings. The molecule has 6 nitrogen and oxygen atoms in total. The van der Waals surface area contributed by atoms with E-state index in [-0.39, 0.29) is 11.9 Å². The lowest BCUT2D eigenvalue weighted by atomic mass is 10.1. The van der Waals surface area contributed by atoms with Crippen molar-refractivity contribution in [1.29, 1.82) is 0 Å². The lowest BCUT2D eigenvalue weighted by Crippen LogP contribution is -2.47. The molecule has 1 aromatic heterocycles. The van der Waals surface area contributed by atoms with Crippen LogP contribution in [0.5, 0.6) is 0 Å². The number of hydrogen-bond acceptors (Lipinski definition) is 4. The number of carbonyl (C=O) groups excluding carboxylic acids is 1. The molecule has 2 N–H and O–H groups in total. The van der Waals surface area contributed by atoms with Gasteiger partial charge in [-0.1, -0.05) is 0 Å². The second-order valence-corrected chi connectivity index (χ2v) is 3.96. The van der Waals surface area contributed by atoms with Gasteiger partial charge in [0.25, 0.3) is 5.91 Å². The summed E-state index contributed by atoms with van der Waals surface area (Å²) in [4.78, 5) is 12.0. The third-order valence-corrected chi connectivity index (χ3v) is 2.77. The molecule has 0 bridgehead atoms. The van der Waals surface area contributed by atoms with Crippen LogP contribution < -0.4 is 5.84 Å². The minimum Gasteiger partial charge on any atom is -0.381 e. The van der Waals surface area contributed by atoms with Gasteiger partial charge in [0, 0.05) is 26.5 Å². The van der Waals surface area contributed by atoms with Gasteiger partial charge in [-0.3, -0.25) is 14.5 Å². The Balaban J connectivity index is 2.03. The molecular formula is C10H16N4O2. The minimum atomic E-state index is -0.181. The van der Waals surface area contributed by atoms with Crippen LogP contribution >= 0.6 is 0 Å². The van der Waals surface area contributed by atoms with Crippen molar-refractivity contribution >= 4 is 5.91 Å². The molecule has 1 aliphatic heterocycles. The standard InChI is InChI=1S/C10H16N4O2/c1-13-7-8(6-12-13)10(15)14(11)9-2-4-16-5-3-9/h6-7,9H,2-5,11H2,1H3. The van der Waals surface area contributed by atoms with E-state index in [2.05, 4.69) is 5.10 Å². The fourth-order valence-electron chi connectivity index (χ4n) is 1.81. The van der Waals surface area contributed by atoms with Gasteiger partial charge < -0.3 is 4.74 Å². The molecule has 0 spiro atoms. The van der Waals surface area contributed by atoms with Crippen LogP contribution in [0.2, 0.25) is 0 Å². The Morgan fingerprint density at radius 3 is 2.88 bits per heavy atom. The Morgan fingerprint density at radius 2 is 2.31 bits per heavy atom. The summed E-state index contributed by atoms with van der Waals surface area (Å²) in [6.07, 6.45) is 4.79. The third kappa shape index (κ3) is 2.23. The van der Waals surface area contributed by atoms with Crippen LogP contribution in [0.4, 0.5) is 0 Å². The molecule has 0 aliphatic carbocycles. The van der Waals surface area contributed by atoms with E-state index in [1.54, 1.807) is 17.9 Å². The number of aryl methyl sites for hydroxylation is 1. The van der Waals surface area contributed by atoms with Gasteiger partial charge in [-0.05, 0) is 12.8 Å². The summed E-state index contributed by atoms with van der Waals surface area (Å²) in [5.41, 5.74) is 0.525. The zero-order valence-corrected chi connectivity index (χ0v) is 9.30. The van der Waals surface area contributed by atoms with Crippen molar-refractivity contribution in [3.63, 3.8) is 0 Å². The number of hydrazine groups is 1. The van der Waals surface area contributed by atoms with Gasteiger partial charge in [-0.25, -0.2) is 5.84 Å². The van der Waals surface area contributed by atoms with Gasteiger partial charge in [-0.2, -0.15) is 5.10 Å². The fourth-order valence-corrected chi connectivity index (χ4v) is 1.81. The first kappa shape index (κ1) is 11.1. The van der Waals surface area contributed by atoms with Gasteiger partial charge >= 0.3 is 0 Å². The van der Waals surface area contributed by atoms with Crippen LogP contribution in [0.3, 0.4) is 0 Å². The monoisotopic (exact) mass is 224 g/mol. The molecule has 2 heterocycles. The Bertz CT molecular complexity index is 371. The quantitative estimate of drug-likeness (QED) is 0.433. The molecule has 1 aromatic rings. The van der Waals surface area contributed by atoms with Crippen molar-refractivity contribution < 1.29 is 9.53 Å². The molecule has 0 atom stereocenters. The first-order valence-electron chi connectivity index (χ1n) is 5.33. The molecule has 1 amide bonds. The fraction of sp³-hybridized carbons (Fsp3) is 0.600. The Kier molecular flexibility index (Phi) is 3.21. The highest BCUT2D eigenvalue weighted by Crippen LogP contribution is 2.13. The number of amides is 1. The molecule has 1 fully saturated rings. The summed E-state index contributed by atoms with van der Waals surface area (Å²) >= 11 is 0. The minimum absolute atomic E-state index is 0.0708. The highest BCUT2D eigenvalue weighted by Gasteiger charge is 2.24. The van der Waals surface area contributed by atoms with Crippen molar-refractivity contribution in [2.45, 2.75) is 18.9 Å². The topological polar surface area (TPSA) is 73.4 Å². The molecular weight excluding hydrogens is 208 g/mol. The van der Waals surface area contributed by atoms with Gasteiger partial charge in [-0.15, -0.1) is 0 Å². The smallest absolute Gasteiger partial charge is 0.271 e. The molecule has 6 heteroatoms. The number of hydrogen-bond donors (Lipinski definition) is 1. The van der Waals surface area contributed by atoms with Crippen LogP contribution in [0.1, 0.15) is 23.2 Å². The lowest BCUT2D eigenvalue weighted by Gasteiger charge is -2.30. The summed E-state index contributed by atoms with van der Waals surface area (Å²) < 4.78 is 6.82. The Hall–Kier alpha value is -1.40. The van der Waals surface area contributed by atoms with Crippen molar-refractivity contribution in [3.8, 4) is 0 Å². The van der Waals surface area contributed by atoms with Crippen molar-refractivity contribution in [3.05, 3.63) is 18.0 Å². The summed E-state index contributed by atoms with van der Waals surface area (Å²) in [5.74, 6) is 5.64. The second kappa shape index (κ2) is 4.63. The van der Waals surface area contributed by atoms with Gasteiger partial charge in [0.05, 0.1) is 17.8 Å². The summed E-state index contributed by atoms with van der Waals surface area (Å²) in [5, 5.41) is 5.26. The lowest BCUT2D eigenvalue weighted by molar-refractivity contribution is 0.0288. The molecule has 0 unspecified atom stereocenters. The predicted octanol–water partition coefficient (Wildman–Crippen LogP) is -0.0850. The molecule has 16 heavy (non-hydrogen) atoms. The van der Waals surface area contributed by atoms with E-state index in [0.29, 0.717) is 18.8 Å². The van der Waals surface area contributed by atoms with Crippen LogP contribution in [0.25, 0.3) is 0 Å². The maximum Gasteiger partial charge on any atom is 0.271 e. The SMILES string of the molecule is Cn1cc(C(=O)N(N)C2CCOCC2)cn1. The van der Waals surface area contributed by atoms with Crippen molar-refractivity contribution in [2.24, 2.45) is 12.9 Å². The normalized spacial score (nSPS) is 17.4. The van der Waals surface area contributed by atoms with Crippen molar-refractivity contribution in [2.75, 3.05) is 13.2 Å². The maximum atomic E-state index is 12.0. The zero-order valence-electron chi connectivity index (χ0n) is 9.30. The molecule has 88 valence electrons. The molecule has 0 aromatic carbocycles. The number of carbonyl (C=O) groups is 1. The number of aromatic nitrogens is 2. The van der Waals surface area contributed by atoms with E-state index in [0.717, 1.165) is 12.8 Å². The average molecular weight is 224 g/mol. The predicted molar refractivity (Wildman–Crippen MR) is 57.4 cm³/mol. The van der Waals surface area contributed by atoms with Crippen LogP contribution in [-0.4, -0.2) is 40.0 Å². The Morgan fingerprint density at radius 1 is 1.62 bits per heavy atom. The Labute approximate surface area is 93.9 Å². The number of nitrogens with two attached hydrogens (primary N) is 1. The summed E-state index contributed by atoms with van der Waals surface area (Å²) in [6, 6.07) is 0.0708. The zero-order chi connectivity index (χ0) is 11.5. The number of rotatable bonds is 2. The summed E-state index contributed by atoms with van der Waals surface area (Å²) in [7, 11) is 1.77. The van der Waals surface area contributed by atoms with Gasteiger partial charge in [0.15, 0.2) is 0 Å². The van der Waals surface area contributed by atoms with E-state index in [1.165, 1.54) is 11.2 Å². The average Bonchev–Trinajstić information content (AvgIpc) is 2.75. The van der Waals surface area contributed by atoms with E-state index in [4.69, 9.17) is 10.6 Å². The maximum absolute atomic E-state index is 12.0. The third-order valence-electron chi connectivity index (χ3n) is 2.77. The first-order chi connectivity index (χ1) is 7.68. The van der Waals surface area contributed by atoms with Crippen LogP contribution in [0.15, 0.2) is 12.4 Å². The molecule has 1 saturated heterocycles. The largest absolute Gasteiger partial charge is 0.381 e. The van der Waals surface area contributed by atoms with E-state index in [1.807, 2.05) is 0 Å². The number of nitrogens with zero attached hydrogens (tertiary/aromatic N) is 3. The second-order valence-electron chi connectivity index (χ2n) is 3.96. The van der Waals surface area contributed by atoms with Gasteiger partial charge in [0.1, 0.15) is 0 Å².